The van der Waals surface area contributed by atoms with Gasteiger partial charge in [0.2, 0.25) is 0 Å². The molecule has 3 atom stereocenters. The zero-order chi connectivity index (χ0) is 24.7. The van der Waals surface area contributed by atoms with Gasteiger partial charge in [-0.15, -0.1) is 0 Å². The third-order valence-electron chi connectivity index (χ3n) is 5.96. The number of hydrogen-bond donors (Lipinski definition) is 3. The minimum Gasteiger partial charge on any atom is -0.837 e. The number of hydrogen-bond acceptors (Lipinski definition) is 10. The predicted octanol–water partition coefficient (Wildman–Crippen LogP) is 0.613. The van der Waals surface area contributed by atoms with E-state index in [0.29, 0.717) is 18.4 Å². The van der Waals surface area contributed by atoms with E-state index in [-0.39, 0.29) is 24.1 Å². The molecular formula is C23H35FN5O5-. The molecule has 0 aliphatic carbocycles. The second-order valence-corrected chi connectivity index (χ2v) is 8.91. The molecule has 3 N–H and O–H groups in total. The third-order valence-corrected chi connectivity index (χ3v) is 5.96. The molecule has 2 heterocycles. The first-order chi connectivity index (χ1) is 16.3. The van der Waals surface area contributed by atoms with Crippen LogP contribution >= 0.6 is 0 Å². The van der Waals surface area contributed by atoms with Crippen LogP contribution in [0.3, 0.4) is 0 Å². The van der Waals surface area contributed by atoms with Gasteiger partial charge in [-0.25, -0.2) is 4.39 Å². The number of halogens is 1. The van der Waals surface area contributed by atoms with E-state index in [9.17, 15) is 14.6 Å². The normalized spacial score (nSPS) is 17.7. The lowest BCUT2D eigenvalue weighted by Gasteiger charge is -2.37. The van der Waals surface area contributed by atoms with Gasteiger partial charge in [-0.2, -0.15) is 4.98 Å². The van der Waals surface area contributed by atoms with Gasteiger partial charge in [0.15, 0.2) is 5.82 Å². The number of ether oxygens (including phenoxy) is 1. The molecule has 34 heavy (non-hydrogen) atoms. The van der Waals surface area contributed by atoms with E-state index in [0.717, 1.165) is 38.4 Å². The quantitative estimate of drug-likeness (QED) is 0.372. The summed E-state index contributed by atoms with van der Waals surface area (Å²) in [5, 5.41) is 36.7. The molecule has 190 valence electrons. The van der Waals surface area contributed by atoms with E-state index in [4.69, 9.17) is 14.4 Å². The van der Waals surface area contributed by atoms with Crippen molar-refractivity contribution in [3.63, 3.8) is 0 Å². The molecule has 0 saturated carbocycles. The van der Waals surface area contributed by atoms with Crippen molar-refractivity contribution in [3.05, 3.63) is 35.4 Å². The maximum absolute atomic E-state index is 14.3. The van der Waals surface area contributed by atoms with Crippen molar-refractivity contribution in [2.75, 3.05) is 50.8 Å². The first-order valence-corrected chi connectivity index (χ1v) is 11.7. The third kappa shape index (κ3) is 7.09. The molecule has 2 unspecified atom stereocenters. The maximum Gasteiger partial charge on any atom is 0.324 e. The lowest BCUT2D eigenvalue weighted by Crippen LogP contribution is -2.50. The minimum absolute atomic E-state index is 0.0644. The van der Waals surface area contributed by atoms with Crippen molar-refractivity contribution in [1.82, 2.24) is 20.4 Å². The highest BCUT2D eigenvalue weighted by Gasteiger charge is 2.24. The number of benzene rings is 1. The smallest absolute Gasteiger partial charge is 0.324 e. The van der Waals surface area contributed by atoms with E-state index >= 15 is 0 Å². The molecule has 0 amide bonds. The summed E-state index contributed by atoms with van der Waals surface area (Å²) in [5.41, 5.74) is -0.0644. The zero-order valence-electron chi connectivity index (χ0n) is 20.0. The summed E-state index contributed by atoms with van der Waals surface area (Å²) in [6, 6.07) is 5.00. The van der Waals surface area contributed by atoms with Gasteiger partial charge in [-0.1, -0.05) is 25.1 Å². The van der Waals surface area contributed by atoms with Crippen LogP contribution in [-0.4, -0.2) is 83.3 Å². The van der Waals surface area contributed by atoms with Crippen LogP contribution < -0.4 is 20.1 Å². The Morgan fingerprint density at radius 3 is 2.59 bits per heavy atom. The number of piperazine rings is 1. The van der Waals surface area contributed by atoms with Gasteiger partial charge in [0, 0.05) is 50.7 Å². The van der Waals surface area contributed by atoms with Gasteiger partial charge in [0.25, 0.3) is 0 Å². The Bertz CT molecular complexity index is 890. The number of aliphatic hydroxyl groups excluding tert-OH is 2. The fraction of sp³-hybridized carbons (Fsp3) is 0.652. The summed E-state index contributed by atoms with van der Waals surface area (Å²) in [6.07, 6.45) is -1.84. The molecule has 1 aromatic carbocycles. The number of aliphatic hydroxyl groups is 2. The first kappa shape index (κ1) is 26.3. The predicted molar refractivity (Wildman–Crippen MR) is 122 cm³/mol. The highest BCUT2D eigenvalue weighted by atomic mass is 19.1. The Kier molecular flexibility index (Phi) is 9.60. The zero-order valence-corrected chi connectivity index (χ0v) is 20.0. The maximum atomic E-state index is 14.3. The molecule has 3 rings (SSSR count). The van der Waals surface area contributed by atoms with Crippen LogP contribution in [0.4, 0.5) is 10.4 Å². The molecule has 1 aromatic heterocycles. The molecular weight excluding hydrogens is 445 g/mol. The summed E-state index contributed by atoms with van der Waals surface area (Å²) in [4.78, 5) is 8.94. The lowest BCUT2D eigenvalue weighted by atomic mass is 10.1. The Hall–Kier alpha value is -2.31. The Morgan fingerprint density at radius 2 is 1.97 bits per heavy atom. The molecule has 1 aliphatic heterocycles. The Labute approximate surface area is 199 Å². The van der Waals surface area contributed by atoms with Crippen LogP contribution in [0.1, 0.15) is 50.7 Å². The monoisotopic (exact) mass is 480 g/mol. The van der Waals surface area contributed by atoms with Crippen molar-refractivity contribution in [3.8, 4) is 5.75 Å². The summed E-state index contributed by atoms with van der Waals surface area (Å²) < 4.78 is 25.4. The van der Waals surface area contributed by atoms with Crippen molar-refractivity contribution in [1.29, 1.82) is 0 Å². The average molecular weight is 481 g/mol. The van der Waals surface area contributed by atoms with E-state index in [1.807, 2.05) is 13.8 Å². The number of aromatic nitrogens is 2. The Morgan fingerprint density at radius 1 is 1.24 bits per heavy atom. The van der Waals surface area contributed by atoms with Crippen molar-refractivity contribution >= 4 is 6.01 Å². The number of nitrogens with one attached hydrogen (secondary N) is 1. The van der Waals surface area contributed by atoms with Crippen molar-refractivity contribution in [2.45, 2.75) is 51.5 Å². The highest BCUT2D eigenvalue weighted by molar-refractivity contribution is 5.30. The highest BCUT2D eigenvalue weighted by Crippen LogP contribution is 2.21. The summed E-state index contributed by atoms with van der Waals surface area (Å²) >= 11 is 0. The lowest BCUT2D eigenvalue weighted by molar-refractivity contribution is -0.437. The van der Waals surface area contributed by atoms with Crippen LogP contribution in [0, 0.1) is 5.82 Å². The molecule has 1 saturated heterocycles. The minimum atomic E-state index is -1.54. The molecule has 0 spiro atoms. The number of nitrogens with zero attached hydrogens (tertiary/aromatic N) is 4. The van der Waals surface area contributed by atoms with Crippen molar-refractivity contribution in [2.24, 2.45) is 0 Å². The average Bonchev–Trinajstić information content (AvgIpc) is 3.33. The van der Waals surface area contributed by atoms with Gasteiger partial charge in [0.05, 0.1) is 19.3 Å². The molecule has 1 fully saturated rings. The van der Waals surface area contributed by atoms with Crippen LogP contribution in [0.15, 0.2) is 22.7 Å². The van der Waals surface area contributed by atoms with Crippen molar-refractivity contribution < 1.29 is 29.0 Å². The molecule has 1 aliphatic rings. The Balaban J connectivity index is 1.40. The summed E-state index contributed by atoms with van der Waals surface area (Å²) in [7, 11) is 0. The number of rotatable bonds is 12. The van der Waals surface area contributed by atoms with Gasteiger partial charge in [0.1, 0.15) is 11.6 Å². The second kappa shape index (κ2) is 12.4. The van der Waals surface area contributed by atoms with Crippen LogP contribution in [-0.2, 0) is 0 Å². The van der Waals surface area contributed by atoms with E-state index < -0.39 is 24.8 Å². The van der Waals surface area contributed by atoms with E-state index in [2.05, 4.69) is 32.2 Å². The molecule has 0 radical (unpaired) electrons. The molecule has 10 nitrogen and oxygen atoms in total. The SMILES string of the molecule is CC(C)c1noc(N2CCN(C(C)CCOc3ccc(C([O-])NC[C@@H](O)CO)c(F)c3)CC2)n1. The van der Waals surface area contributed by atoms with Crippen LogP contribution in [0.25, 0.3) is 0 Å². The summed E-state index contributed by atoms with van der Waals surface area (Å²) in [5.74, 6) is 0.634. The van der Waals surface area contributed by atoms with Gasteiger partial charge in [-0.05, 0) is 31.2 Å². The van der Waals surface area contributed by atoms with Gasteiger partial charge < -0.3 is 34.8 Å². The van der Waals surface area contributed by atoms with E-state index in [1.165, 1.54) is 12.1 Å². The van der Waals surface area contributed by atoms with Crippen LogP contribution in [0.5, 0.6) is 5.75 Å². The second-order valence-electron chi connectivity index (χ2n) is 8.91. The van der Waals surface area contributed by atoms with E-state index in [1.54, 1.807) is 6.07 Å². The van der Waals surface area contributed by atoms with Gasteiger partial charge in [-0.3, -0.25) is 4.90 Å². The van der Waals surface area contributed by atoms with Gasteiger partial charge >= 0.3 is 6.01 Å². The molecule has 0 bridgehead atoms. The largest absolute Gasteiger partial charge is 0.837 e. The molecule has 11 heteroatoms. The summed E-state index contributed by atoms with van der Waals surface area (Å²) in [6.45, 7) is 9.37. The van der Waals surface area contributed by atoms with Crippen LogP contribution in [0.2, 0.25) is 0 Å². The first-order valence-electron chi connectivity index (χ1n) is 11.7. The topological polar surface area (TPSA) is 130 Å². The standard InChI is InChI=1S/C23H35FN5O5/c1-15(2)21-26-23(34-27-21)29-9-7-28(8-10-29)16(3)6-11-33-18-4-5-19(20(24)12-18)22(32)25-13-17(31)14-30/h4-5,12,15-17,22,25,30-31H,6-11,13-14H2,1-3H3/q-1/t16?,17-,22?/m1/s1. The fourth-order valence-corrected chi connectivity index (χ4v) is 3.70. The number of anilines is 1. The molecule has 2 aromatic rings. The fourth-order valence-electron chi connectivity index (χ4n) is 3.70.